The minimum atomic E-state index is -0.569. The van der Waals surface area contributed by atoms with Gasteiger partial charge in [0.15, 0.2) is 0 Å². The second-order valence-electron chi connectivity index (χ2n) is 2.37. The summed E-state index contributed by atoms with van der Waals surface area (Å²) in [4.78, 5) is 10.6. The van der Waals surface area contributed by atoms with E-state index in [0.717, 1.165) is 0 Å². The molecule has 0 spiro atoms. The van der Waals surface area contributed by atoms with Gasteiger partial charge in [-0.15, -0.1) is 0 Å². The van der Waals surface area contributed by atoms with E-state index in [2.05, 4.69) is 10.5 Å². The van der Waals surface area contributed by atoms with E-state index in [0.29, 0.717) is 6.54 Å². The van der Waals surface area contributed by atoms with Crippen LogP contribution < -0.4 is 11.2 Å². The smallest absolute Gasteiger partial charge is 0.230 e. The van der Waals surface area contributed by atoms with Gasteiger partial charge in [0.25, 0.3) is 0 Å². The van der Waals surface area contributed by atoms with Crippen molar-refractivity contribution < 1.29 is 4.79 Å². The van der Waals surface area contributed by atoms with Crippen molar-refractivity contribution >= 4 is 12.1 Å². The molecule has 1 atom stereocenters. The summed E-state index contributed by atoms with van der Waals surface area (Å²) in [7, 11) is 0. The van der Waals surface area contributed by atoms with Crippen molar-refractivity contribution in [2.75, 3.05) is 6.54 Å². The minimum Gasteiger partial charge on any atom is -0.369 e. The topological polar surface area (TPSA) is 67.5 Å². The minimum absolute atomic E-state index is 0.337. The van der Waals surface area contributed by atoms with Crippen LogP contribution in [0.2, 0.25) is 0 Å². The molecule has 1 heterocycles. The first-order chi connectivity index (χ1) is 4.15. The van der Waals surface area contributed by atoms with Crippen LogP contribution in [-0.4, -0.2) is 18.7 Å². The van der Waals surface area contributed by atoms with Crippen LogP contribution >= 0.6 is 0 Å². The maximum absolute atomic E-state index is 10.6. The van der Waals surface area contributed by atoms with Crippen molar-refractivity contribution in [1.82, 2.24) is 5.43 Å². The Balaban J connectivity index is 2.74. The second-order valence-corrected chi connectivity index (χ2v) is 2.37. The summed E-state index contributed by atoms with van der Waals surface area (Å²) in [5.74, 6) is -0.337. The Kier molecular flexibility index (Phi) is 1.16. The number of carbonyl (C=O) groups is 1. The molecule has 4 nitrogen and oxygen atoms in total. The normalized spacial score (nSPS) is 32.1. The van der Waals surface area contributed by atoms with Crippen LogP contribution in [-0.2, 0) is 4.79 Å². The number of nitrogens with one attached hydrogen (secondary N) is 1. The van der Waals surface area contributed by atoms with Crippen molar-refractivity contribution in [1.29, 1.82) is 0 Å². The third-order valence-corrected chi connectivity index (χ3v) is 1.45. The highest BCUT2D eigenvalue weighted by molar-refractivity contribution is 5.98. The standard InChI is InChI=1S/C5H9N3O/c1-5(4(6)9)2-7-8-3-5/h2,8H,3H2,1H3,(H2,6,9). The first-order valence-electron chi connectivity index (χ1n) is 2.72. The summed E-state index contributed by atoms with van der Waals surface area (Å²) in [5.41, 5.74) is 7.16. The van der Waals surface area contributed by atoms with E-state index in [1.807, 2.05) is 0 Å². The largest absolute Gasteiger partial charge is 0.369 e. The van der Waals surface area contributed by atoms with E-state index in [1.165, 1.54) is 6.21 Å². The summed E-state index contributed by atoms with van der Waals surface area (Å²) >= 11 is 0. The van der Waals surface area contributed by atoms with Crippen LogP contribution in [0.15, 0.2) is 5.10 Å². The molecular weight excluding hydrogens is 118 g/mol. The number of hydrazone groups is 1. The fourth-order valence-corrected chi connectivity index (χ4v) is 0.594. The molecule has 1 unspecified atom stereocenters. The molecular formula is C5H9N3O. The van der Waals surface area contributed by atoms with Crippen LogP contribution in [0.3, 0.4) is 0 Å². The van der Waals surface area contributed by atoms with Gasteiger partial charge in [-0.05, 0) is 6.92 Å². The van der Waals surface area contributed by atoms with Crippen molar-refractivity contribution in [3.05, 3.63) is 0 Å². The van der Waals surface area contributed by atoms with E-state index in [9.17, 15) is 4.79 Å². The van der Waals surface area contributed by atoms with Gasteiger partial charge in [-0.1, -0.05) is 0 Å². The zero-order valence-corrected chi connectivity index (χ0v) is 5.22. The maximum atomic E-state index is 10.6. The van der Waals surface area contributed by atoms with Gasteiger partial charge in [0.2, 0.25) is 5.91 Å². The lowest BCUT2D eigenvalue weighted by Gasteiger charge is -2.12. The Labute approximate surface area is 53.1 Å². The zero-order chi connectivity index (χ0) is 6.91. The summed E-state index contributed by atoms with van der Waals surface area (Å²) in [5, 5.41) is 3.68. The molecule has 0 saturated carbocycles. The van der Waals surface area contributed by atoms with Crippen LogP contribution in [0.4, 0.5) is 0 Å². The van der Waals surface area contributed by atoms with Crippen LogP contribution in [0.25, 0.3) is 0 Å². The molecule has 1 rings (SSSR count). The fraction of sp³-hybridized carbons (Fsp3) is 0.600. The Morgan fingerprint density at radius 1 is 2.00 bits per heavy atom. The van der Waals surface area contributed by atoms with Crippen molar-refractivity contribution in [2.24, 2.45) is 16.3 Å². The van der Waals surface area contributed by atoms with Gasteiger partial charge >= 0.3 is 0 Å². The molecule has 50 valence electrons. The van der Waals surface area contributed by atoms with Gasteiger partial charge in [0.1, 0.15) is 5.41 Å². The number of nitrogens with two attached hydrogens (primary N) is 1. The molecule has 0 aliphatic carbocycles. The highest BCUT2D eigenvalue weighted by Gasteiger charge is 2.31. The SMILES string of the molecule is CC1(C(N)=O)C=NNC1. The third-order valence-electron chi connectivity index (χ3n) is 1.45. The first kappa shape index (κ1) is 6.07. The lowest BCUT2D eigenvalue weighted by molar-refractivity contribution is -0.123. The van der Waals surface area contributed by atoms with Crippen LogP contribution in [0.1, 0.15) is 6.92 Å². The summed E-state index contributed by atoms with van der Waals surface area (Å²) in [6.45, 7) is 2.27. The summed E-state index contributed by atoms with van der Waals surface area (Å²) < 4.78 is 0. The molecule has 0 saturated heterocycles. The van der Waals surface area contributed by atoms with Crippen molar-refractivity contribution in [3.63, 3.8) is 0 Å². The number of carbonyl (C=O) groups excluding carboxylic acids is 1. The fourth-order valence-electron chi connectivity index (χ4n) is 0.594. The van der Waals surface area contributed by atoms with Gasteiger partial charge in [-0.2, -0.15) is 5.10 Å². The van der Waals surface area contributed by atoms with Gasteiger partial charge in [0.05, 0.1) is 6.54 Å². The van der Waals surface area contributed by atoms with Crippen molar-refractivity contribution in [2.45, 2.75) is 6.92 Å². The second kappa shape index (κ2) is 1.72. The predicted octanol–water partition coefficient (Wildman–Crippen LogP) is -0.933. The van der Waals surface area contributed by atoms with E-state index in [1.54, 1.807) is 6.92 Å². The Morgan fingerprint density at radius 2 is 2.67 bits per heavy atom. The Hall–Kier alpha value is -1.06. The molecule has 0 aromatic carbocycles. The molecule has 0 radical (unpaired) electrons. The molecule has 3 N–H and O–H groups in total. The van der Waals surface area contributed by atoms with Gasteiger partial charge < -0.3 is 11.2 Å². The molecule has 9 heavy (non-hydrogen) atoms. The number of amides is 1. The highest BCUT2D eigenvalue weighted by atomic mass is 16.1. The number of rotatable bonds is 1. The van der Waals surface area contributed by atoms with Gasteiger partial charge in [-0.25, -0.2) is 0 Å². The number of nitrogens with zero attached hydrogens (tertiary/aromatic N) is 1. The van der Waals surface area contributed by atoms with Crippen LogP contribution in [0, 0.1) is 5.41 Å². The molecule has 0 bridgehead atoms. The van der Waals surface area contributed by atoms with E-state index in [4.69, 9.17) is 5.73 Å². The number of hydrogen-bond acceptors (Lipinski definition) is 3. The molecule has 1 aliphatic heterocycles. The van der Waals surface area contributed by atoms with E-state index in [-0.39, 0.29) is 5.91 Å². The molecule has 1 aliphatic rings. The molecule has 0 aromatic heterocycles. The first-order valence-corrected chi connectivity index (χ1v) is 2.72. The number of hydrogen-bond donors (Lipinski definition) is 2. The predicted molar refractivity (Wildman–Crippen MR) is 33.8 cm³/mol. The third kappa shape index (κ3) is 0.872. The Bertz CT molecular complexity index is 166. The van der Waals surface area contributed by atoms with Crippen LogP contribution in [0.5, 0.6) is 0 Å². The average Bonchev–Trinajstić information content (AvgIpc) is 2.16. The molecule has 1 amide bonds. The summed E-state index contributed by atoms with van der Waals surface area (Å²) in [6, 6.07) is 0. The van der Waals surface area contributed by atoms with E-state index < -0.39 is 5.41 Å². The Morgan fingerprint density at radius 3 is 2.89 bits per heavy atom. The molecule has 0 fully saturated rings. The van der Waals surface area contributed by atoms with Gasteiger partial charge in [-0.3, -0.25) is 4.79 Å². The average molecular weight is 127 g/mol. The highest BCUT2D eigenvalue weighted by Crippen LogP contribution is 2.13. The lowest BCUT2D eigenvalue weighted by atomic mass is 9.93. The van der Waals surface area contributed by atoms with E-state index >= 15 is 0 Å². The number of primary amides is 1. The monoisotopic (exact) mass is 127 g/mol. The zero-order valence-electron chi connectivity index (χ0n) is 5.22. The maximum Gasteiger partial charge on any atom is 0.230 e. The molecule has 0 aromatic rings. The summed E-state index contributed by atoms with van der Waals surface area (Å²) in [6.07, 6.45) is 1.54. The molecule has 4 heteroatoms. The van der Waals surface area contributed by atoms with Gasteiger partial charge in [0, 0.05) is 6.21 Å². The van der Waals surface area contributed by atoms with Crippen molar-refractivity contribution in [3.8, 4) is 0 Å². The lowest BCUT2D eigenvalue weighted by Crippen LogP contribution is -2.38. The quantitative estimate of drug-likeness (QED) is 0.477.